The number of amides is 2. The molecule has 1 heterocycles. The van der Waals surface area contributed by atoms with E-state index in [0.29, 0.717) is 12.3 Å². The molecular formula is C20H22N4O3. The highest BCUT2D eigenvalue weighted by atomic mass is 16.5. The molecule has 0 fully saturated rings. The lowest BCUT2D eigenvalue weighted by Gasteiger charge is -2.21. The molecule has 3 N–H and O–H groups in total. The van der Waals surface area contributed by atoms with Crippen LogP contribution in [0.15, 0.2) is 53.5 Å². The first-order valence-electron chi connectivity index (χ1n) is 8.78. The Balaban J connectivity index is 1.68. The van der Waals surface area contributed by atoms with E-state index in [9.17, 15) is 9.59 Å². The standard InChI is InChI=1S/C20H22N4O3/c1-3-27-16-10-8-15(9-11-16)22-20-23-17(12-18(25)24-20)19(26)21-14-6-4-13(2)5-7-14/h4-11,17H,3,12H2,1-2H3,(H,21,26)(H2,22,23,24,25)/t17-/m0/s1. The normalized spacial score (nSPS) is 16.1. The molecule has 1 atom stereocenters. The molecule has 0 unspecified atom stereocenters. The molecular weight excluding hydrogens is 344 g/mol. The number of carbonyl (C=O) groups is 2. The minimum Gasteiger partial charge on any atom is -0.494 e. The van der Waals surface area contributed by atoms with Crippen LogP contribution < -0.4 is 20.7 Å². The quantitative estimate of drug-likeness (QED) is 0.759. The van der Waals surface area contributed by atoms with Gasteiger partial charge in [0.2, 0.25) is 17.8 Å². The molecule has 7 heteroatoms. The van der Waals surface area contributed by atoms with Crippen molar-refractivity contribution in [1.82, 2.24) is 5.32 Å². The number of hydrogen-bond donors (Lipinski definition) is 3. The first-order chi connectivity index (χ1) is 13.0. The maximum absolute atomic E-state index is 12.5. The van der Waals surface area contributed by atoms with E-state index < -0.39 is 6.04 Å². The van der Waals surface area contributed by atoms with E-state index in [2.05, 4.69) is 20.9 Å². The fourth-order valence-electron chi connectivity index (χ4n) is 2.61. The number of benzene rings is 2. The van der Waals surface area contributed by atoms with Gasteiger partial charge in [0.25, 0.3) is 0 Å². The average Bonchev–Trinajstić information content (AvgIpc) is 2.65. The summed E-state index contributed by atoms with van der Waals surface area (Å²) in [5.74, 6) is 0.426. The van der Waals surface area contributed by atoms with E-state index in [1.165, 1.54) is 0 Å². The molecule has 0 radical (unpaired) electrons. The fourth-order valence-corrected chi connectivity index (χ4v) is 2.61. The van der Waals surface area contributed by atoms with Gasteiger partial charge in [-0.15, -0.1) is 0 Å². The predicted octanol–water partition coefficient (Wildman–Crippen LogP) is 2.69. The Morgan fingerprint density at radius 1 is 1.15 bits per heavy atom. The molecule has 0 spiro atoms. The number of aryl methyl sites for hydroxylation is 1. The third kappa shape index (κ3) is 5.07. The van der Waals surface area contributed by atoms with E-state index in [1.807, 2.05) is 62.4 Å². The summed E-state index contributed by atoms with van der Waals surface area (Å²) in [7, 11) is 0. The van der Waals surface area contributed by atoms with Crippen LogP contribution in [0.3, 0.4) is 0 Å². The summed E-state index contributed by atoms with van der Waals surface area (Å²) in [4.78, 5) is 28.8. The number of hydrogen-bond acceptors (Lipinski definition) is 5. The molecule has 7 nitrogen and oxygen atoms in total. The Kier molecular flexibility index (Phi) is 5.71. The van der Waals surface area contributed by atoms with E-state index in [1.54, 1.807) is 0 Å². The molecule has 0 bridgehead atoms. The first kappa shape index (κ1) is 18.4. The number of anilines is 2. The van der Waals surface area contributed by atoms with Crippen molar-refractivity contribution in [2.24, 2.45) is 4.99 Å². The molecule has 0 aromatic heterocycles. The Labute approximate surface area is 157 Å². The molecule has 2 aromatic carbocycles. The summed E-state index contributed by atoms with van der Waals surface area (Å²) in [5.41, 5.74) is 2.51. The number of rotatable bonds is 5. The van der Waals surface area contributed by atoms with Crippen LogP contribution in [0.2, 0.25) is 0 Å². The number of nitrogens with zero attached hydrogens (tertiary/aromatic N) is 1. The largest absolute Gasteiger partial charge is 0.494 e. The monoisotopic (exact) mass is 366 g/mol. The van der Waals surface area contributed by atoms with Crippen LogP contribution in [-0.4, -0.2) is 30.4 Å². The van der Waals surface area contributed by atoms with Crippen molar-refractivity contribution < 1.29 is 14.3 Å². The van der Waals surface area contributed by atoms with Crippen molar-refractivity contribution in [2.75, 3.05) is 17.2 Å². The Bertz CT molecular complexity index is 845. The van der Waals surface area contributed by atoms with Gasteiger partial charge in [0, 0.05) is 11.4 Å². The second-order valence-corrected chi connectivity index (χ2v) is 6.18. The number of carbonyl (C=O) groups excluding carboxylic acids is 2. The fraction of sp³-hybridized carbons (Fsp3) is 0.250. The zero-order chi connectivity index (χ0) is 19.2. The van der Waals surface area contributed by atoms with Crippen LogP contribution in [0.1, 0.15) is 18.9 Å². The summed E-state index contributed by atoms with van der Waals surface area (Å²) in [6, 6.07) is 13.9. The van der Waals surface area contributed by atoms with Gasteiger partial charge in [-0.2, -0.15) is 0 Å². The van der Waals surface area contributed by atoms with Gasteiger partial charge in [0.1, 0.15) is 11.8 Å². The number of ether oxygens (including phenoxy) is 1. The molecule has 140 valence electrons. The minimum atomic E-state index is -0.787. The second-order valence-electron chi connectivity index (χ2n) is 6.18. The van der Waals surface area contributed by atoms with Gasteiger partial charge in [0.15, 0.2) is 0 Å². The lowest BCUT2D eigenvalue weighted by atomic mass is 10.1. The maximum atomic E-state index is 12.5. The molecule has 27 heavy (non-hydrogen) atoms. The van der Waals surface area contributed by atoms with Gasteiger partial charge in [-0.25, -0.2) is 4.99 Å². The summed E-state index contributed by atoms with van der Waals surface area (Å²) in [5, 5.41) is 8.46. The van der Waals surface area contributed by atoms with Gasteiger partial charge < -0.3 is 15.4 Å². The van der Waals surface area contributed by atoms with E-state index in [-0.39, 0.29) is 24.2 Å². The predicted molar refractivity (Wildman–Crippen MR) is 105 cm³/mol. The van der Waals surface area contributed by atoms with Crippen molar-refractivity contribution >= 4 is 29.1 Å². The molecule has 0 aliphatic carbocycles. The van der Waals surface area contributed by atoms with Crippen molar-refractivity contribution in [2.45, 2.75) is 26.3 Å². The van der Waals surface area contributed by atoms with Crippen LogP contribution in [0.25, 0.3) is 0 Å². The summed E-state index contributed by atoms with van der Waals surface area (Å²) < 4.78 is 5.40. The Morgan fingerprint density at radius 2 is 1.81 bits per heavy atom. The molecule has 1 aliphatic heterocycles. The van der Waals surface area contributed by atoms with Crippen LogP contribution in [0, 0.1) is 6.92 Å². The topological polar surface area (TPSA) is 91.8 Å². The second kappa shape index (κ2) is 8.35. The van der Waals surface area contributed by atoms with Gasteiger partial charge >= 0.3 is 0 Å². The summed E-state index contributed by atoms with van der Waals surface area (Å²) in [6.45, 7) is 4.48. The van der Waals surface area contributed by atoms with Gasteiger partial charge in [0.05, 0.1) is 13.0 Å². The third-order valence-corrected chi connectivity index (χ3v) is 3.97. The van der Waals surface area contributed by atoms with Crippen LogP contribution in [0.5, 0.6) is 5.75 Å². The highest BCUT2D eigenvalue weighted by Crippen LogP contribution is 2.17. The number of guanidine groups is 1. The van der Waals surface area contributed by atoms with Crippen LogP contribution >= 0.6 is 0 Å². The molecule has 1 aliphatic rings. The lowest BCUT2D eigenvalue weighted by Crippen LogP contribution is -2.45. The zero-order valence-electron chi connectivity index (χ0n) is 15.3. The minimum absolute atomic E-state index is 0.00610. The maximum Gasteiger partial charge on any atom is 0.249 e. The van der Waals surface area contributed by atoms with Crippen molar-refractivity contribution in [3.8, 4) is 5.75 Å². The highest BCUT2D eigenvalue weighted by molar-refractivity contribution is 6.10. The SMILES string of the molecule is CCOc1ccc(NC2=N[C@H](C(=O)Nc3ccc(C)cc3)CC(=O)N2)cc1. The van der Waals surface area contributed by atoms with Crippen molar-refractivity contribution in [3.05, 3.63) is 54.1 Å². The molecule has 3 rings (SSSR count). The zero-order valence-corrected chi connectivity index (χ0v) is 15.3. The number of aliphatic imine (C=N–C) groups is 1. The average molecular weight is 366 g/mol. The third-order valence-electron chi connectivity index (χ3n) is 3.97. The molecule has 0 saturated heterocycles. The van der Waals surface area contributed by atoms with Crippen molar-refractivity contribution in [3.63, 3.8) is 0 Å². The summed E-state index contributed by atoms with van der Waals surface area (Å²) >= 11 is 0. The van der Waals surface area contributed by atoms with Crippen LogP contribution in [0.4, 0.5) is 11.4 Å². The smallest absolute Gasteiger partial charge is 0.249 e. The van der Waals surface area contributed by atoms with Gasteiger partial charge in [-0.3, -0.25) is 14.9 Å². The van der Waals surface area contributed by atoms with Crippen LogP contribution in [-0.2, 0) is 9.59 Å². The molecule has 2 aromatic rings. The van der Waals surface area contributed by atoms with Gasteiger partial charge in [-0.1, -0.05) is 17.7 Å². The summed E-state index contributed by atoms with van der Waals surface area (Å²) in [6.07, 6.45) is 0.00610. The van der Waals surface area contributed by atoms with Gasteiger partial charge in [-0.05, 0) is 50.2 Å². The Hall–Kier alpha value is -3.35. The molecule has 2 amide bonds. The number of nitrogens with one attached hydrogen (secondary N) is 3. The molecule has 0 saturated carbocycles. The van der Waals surface area contributed by atoms with E-state index >= 15 is 0 Å². The lowest BCUT2D eigenvalue weighted by molar-refractivity contribution is -0.124. The first-order valence-corrected chi connectivity index (χ1v) is 8.78. The van der Waals surface area contributed by atoms with Crippen molar-refractivity contribution in [1.29, 1.82) is 0 Å². The van der Waals surface area contributed by atoms with E-state index in [0.717, 1.165) is 17.0 Å². The highest BCUT2D eigenvalue weighted by Gasteiger charge is 2.27. The Morgan fingerprint density at radius 3 is 2.48 bits per heavy atom. The van der Waals surface area contributed by atoms with E-state index in [4.69, 9.17) is 4.74 Å².